The van der Waals surface area contributed by atoms with Gasteiger partial charge in [-0.3, -0.25) is 14.4 Å². The Hall–Kier alpha value is -2.97. The van der Waals surface area contributed by atoms with E-state index in [0.717, 1.165) is 6.42 Å². The average Bonchev–Trinajstić information content (AvgIpc) is 3.22. The zero-order chi connectivity index (χ0) is 24.1. The van der Waals surface area contributed by atoms with Crippen molar-refractivity contribution in [2.45, 2.75) is 33.1 Å². The number of hydrogen-bond acceptors (Lipinski definition) is 6. The highest BCUT2D eigenvalue weighted by molar-refractivity contribution is 6.00. The second kappa shape index (κ2) is 10.8. The van der Waals surface area contributed by atoms with Gasteiger partial charge in [0.15, 0.2) is 11.5 Å². The fourth-order valence-electron chi connectivity index (χ4n) is 4.35. The Morgan fingerprint density at radius 2 is 1.55 bits per heavy atom. The molecule has 2 heterocycles. The minimum Gasteiger partial charge on any atom is -0.493 e. The molecule has 33 heavy (non-hydrogen) atoms. The van der Waals surface area contributed by atoms with E-state index in [9.17, 15) is 14.4 Å². The molecule has 0 saturated carbocycles. The van der Waals surface area contributed by atoms with Crippen LogP contribution in [0.2, 0.25) is 0 Å². The van der Waals surface area contributed by atoms with Crippen molar-refractivity contribution in [3.8, 4) is 17.2 Å². The zero-order valence-corrected chi connectivity index (χ0v) is 20.3. The molecule has 0 spiro atoms. The molecule has 9 nitrogen and oxygen atoms in total. The van der Waals surface area contributed by atoms with Gasteiger partial charge in [-0.15, -0.1) is 0 Å². The smallest absolute Gasteiger partial charge is 0.228 e. The average molecular weight is 462 g/mol. The molecule has 2 aliphatic rings. The summed E-state index contributed by atoms with van der Waals surface area (Å²) < 4.78 is 16.1. The maximum Gasteiger partial charge on any atom is 0.228 e. The lowest BCUT2D eigenvalue weighted by molar-refractivity contribution is -0.142. The van der Waals surface area contributed by atoms with Crippen LogP contribution in [-0.4, -0.2) is 81.6 Å². The molecule has 0 bridgehead atoms. The molecule has 3 rings (SSSR count). The van der Waals surface area contributed by atoms with Crippen molar-refractivity contribution in [3.05, 3.63) is 12.1 Å². The summed E-state index contributed by atoms with van der Waals surface area (Å²) >= 11 is 0. The van der Waals surface area contributed by atoms with Crippen molar-refractivity contribution >= 4 is 23.4 Å². The molecule has 0 aliphatic carbocycles. The van der Waals surface area contributed by atoms with Crippen LogP contribution >= 0.6 is 0 Å². The highest BCUT2D eigenvalue weighted by atomic mass is 16.5. The van der Waals surface area contributed by atoms with Gasteiger partial charge in [0, 0.05) is 57.7 Å². The number of amides is 3. The third-order valence-corrected chi connectivity index (χ3v) is 6.32. The normalized spacial score (nSPS) is 18.7. The molecule has 0 N–H and O–H groups in total. The Kier molecular flexibility index (Phi) is 8.05. The molecule has 3 amide bonds. The summed E-state index contributed by atoms with van der Waals surface area (Å²) in [6, 6.07) is 3.43. The van der Waals surface area contributed by atoms with Gasteiger partial charge in [0.25, 0.3) is 0 Å². The third kappa shape index (κ3) is 5.51. The number of hydrogen-bond donors (Lipinski definition) is 0. The summed E-state index contributed by atoms with van der Waals surface area (Å²) in [5.41, 5.74) is 0.602. The molecule has 9 heteroatoms. The number of rotatable bonds is 8. The van der Waals surface area contributed by atoms with Crippen molar-refractivity contribution in [2.75, 3.05) is 59.0 Å². The predicted octanol–water partition coefficient (Wildman–Crippen LogP) is 2.17. The van der Waals surface area contributed by atoms with Gasteiger partial charge in [0.05, 0.1) is 32.9 Å². The van der Waals surface area contributed by atoms with Crippen LogP contribution in [0.15, 0.2) is 12.1 Å². The zero-order valence-electron chi connectivity index (χ0n) is 20.3. The number of nitrogens with zero attached hydrogens (tertiary/aromatic N) is 3. The van der Waals surface area contributed by atoms with Gasteiger partial charge in [-0.1, -0.05) is 13.8 Å². The maximum atomic E-state index is 13.1. The SMILES string of the molecule is COc1cc(N2CC(C(=O)N3CCN(C(=O)CCC(C)C)CC3)CC2=O)cc(OC)c1OC. The van der Waals surface area contributed by atoms with Crippen LogP contribution in [0.4, 0.5) is 5.69 Å². The Bertz CT molecular complexity index is 854. The Morgan fingerprint density at radius 3 is 2.06 bits per heavy atom. The largest absolute Gasteiger partial charge is 0.493 e. The van der Waals surface area contributed by atoms with E-state index in [4.69, 9.17) is 14.2 Å². The summed E-state index contributed by atoms with van der Waals surface area (Å²) in [6.45, 7) is 6.59. The van der Waals surface area contributed by atoms with E-state index >= 15 is 0 Å². The highest BCUT2D eigenvalue weighted by Crippen LogP contribution is 2.42. The second-order valence-electron chi connectivity index (χ2n) is 8.93. The van der Waals surface area contributed by atoms with Crippen LogP contribution < -0.4 is 19.1 Å². The van der Waals surface area contributed by atoms with E-state index in [2.05, 4.69) is 13.8 Å². The molecule has 182 valence electrons. The molecule has 0 aromatic heterocycles. The van der Waals surface area contributed by atoms with Crippen LogP contribution in [0.25, 0.3) is 0 Å². The molecular formula is C24H35N3O6. The van der Waals surface area contributed by atoms with Crippen LogP contribution in [0.3, 0.4) is 0 Å². The highest BCUT2D eigenvalue weighted by Gasteiger charge is 2.38. The molecule has 2 saturated heterocycles. The quantitative estimate of drug-likeness (QED) is 0.590. The van der Waals surface area contributed by atoms with Gasteiger partial charge in [-0.05, 0) is 12.3 Å². The molecule has 2 fully saturated rings. The summed E-state index contributed by atoms with van der Waals surface area (Å²) in [6.07, 6.45) is 1.58. The summed E-state index contributed by atoms with van der Waals surface area (Å²) in [5.74, 6) is 1.42. The second-order valence-corrected chi connectivity index (χ2v) is 8.93. The summed E-state index contributed by atoms with van der Waals surface area (Å²) in [7, 11) is 4.56. The number of anilines is 1. The Balaban J connectivity index is 1.63. The van der Waals surface area contributed by atoms with E-state index in [1.165, 1.54) is 21.3 Å². The predicted molar refractivity (Wildman–Crippen MR) is 124 cm³/mol. The molecule has 1 aromatic rings. The topological polar surface area (TPSA) is 88.6 Å². The molecule has 2 aliphatic heterocycles. The van der Waals surface area contributed by atoms with Gasteiger partial charge in [0.1, 0.15) is 0 Å². The maximum absolute atomic E-state index is 13.1. The number of carbonyl (C=O) groups excluding carboxylic acids is 3. The van der Waals surface area contributed by atoms with E-state index in [-0.39, 0.29) is 24.1 Å². The van der Waals surface area contributed by atoms with Crippen molar-refractivity contribution in [1.82, 2.24) is 9.80 Å². The Morgan fingerprint density at radius 1 is 0.970 bits per heavy atom. The van der Waals surface area contributed by atoms with E-state index in [1.807, 2.05) is 4.90 Å². The van der Waals surface area contributed by atoms with Gasteiger partial charge in [-0.2, -0.15) is 0 Å². The van der Waals surface area contributed by atoms with Crippen molar-refractivity contribution in [2.24, 2.45) is 11.8 Å². The molecule has 1 atom stereocenters. The van der Waals surface area contributed by atoms with E-state index in [0.29, 0.717) is 68.0 Å². The molecule has 0 radical (unpaired) electrons. The summed E-state index contributed by atoms with van der Waals surface area (Å²) in [5, 5.41) is 0. The first kappa shape index (κ1) is 24.7. The minimum atomic E-state index is -0.417. The number of benzene rings is 1. The fourth-order valence-corrected chi connectivity index (χ4v) is 4.35. The van der Waals surface area contributed by atoms with Crippen LogP contribution in [0, 0.1) is 11.8 Å². The number of carbonyl (C=O) groups is 3. The monoisotopic (exact) mass is 461 g/mol. The van der Waals surface area contributed by atoms with Crippen molar-refractivity contribution in [3.63, 3.8) is 0 Å². The van der Waals surface area contributed by atoms with Crippen molar-refractivity contribution in [1.29, 1.82) is 0 Å². The number of methoxy groups -OCH3 is 3. The van der Waals surface area contributed by atoms with Gasteiger partial charge < -0.3 is 28.9 Å². The van der Waals surface area contributed by atoms with E-state index in [1.54, 1.807) is 21.9 Å². The van der Waals surface area contributed by atoms with Crippen LogP contribution in [0.1, 0.15) is 33.1 Å². The number of ether oxygens (including phenoxy) is 3. The first-order valence-electron chi connectivity index (χ1n) is 11.5. The standard InChI is InChI=1S/C24H35N3O6/c1-16(2)6-7-21(28)25-8-10-26(11-9-25)24(30)17-12-22(29)27(15-17)18-13-19(31-3)23(33-5)20(14-18)32-4/h13-14,16-17H,6-12,15H2,1-5H3. The molecule has 1 unspecified atom stereocenters. The lowest BCUT2D eigenvalue weighted by Gasteiger charge is -2.36. The first-order valence-corrected chi connectivity index (χ1v) is 11.5. The van der Waals surface area contributed by atoms with Crippen molar-refractivity contribution < 1.29 is 28.6 Å². The van der Waals surface area contributed by atoms with Gasteiger partial charge >= 0.3 is 0 Å². The van der Waals surface area contributed by atoms with E-state index < -0.39 is 5.92 Å². The fraction of sp³-hybridized carbons (Fsp3) is 0.625. The Labute approximate surface area is 195 Å². The van der Waals surface area contributed by atoms with Crippen LogP contribution in [0.5, 0.6) is 17.2 Å². The third-order valence-electron chi connectivity index (χ3n) is 6.32. The molecule has 1 aromatic carbocycles. The lowest BCUT2D eigenvalue weighted by atomic mass is 10.1. The molecular weight excluding hydrogens is 426 g/mol. The summed E-state index contributed by atoms with van der Waals surface area (Å²) in [4.78, 5) is 43.5. The minimum absolute atomic E-state index is 0.0347. The lowest BCUT2D eigenvalue weighted by Crippen LogP contribution is -2.52. The number of piperazine rings is 1. The van der Waals surface area contributed by atoms with Gasteiger partial charge in [0.2, 0.25) is 23.5 Å². The first-order chi connectivity index (χ1) is 15.8. The van der Waals surface area contributed by atoms with Gasteiger partial charge in [-0.25, -0.2) is 0 Å². The van der Waals surface area contributed by atoms with Crippen LogP contribution in [-0.2, 0) is 14.4 Å².